The summed E-state index contributed by atoms with van der Waals surface area (Å²) in [6.07, 6.45) is 0. The molecule has 0 saturated carbocycles. The molecule has 0 amide bonds. The molecule has 0 fully saturated rings. The number of carboxylic acid groups (broad SMARTS) is 1. The van der Waals surface area contributed by atoms with Crippen LogP contribution in [0.1, 0.15) is 16.3 Å². The molecular formula is C7H6N4O2S2. The first-order valence-corrected chi connectivity index (χ1v) is 5.60. The van der Waals surface area contributed by atoms with E-state index in [0.29, 0.717) is 15.3 Å². The van der Waals surface area contributed by atoms with Gasteiger partial charge in [-0.25, -0.2) is 14.8 Å². The highest BCUT2D eigenvalue weighted by Crippen LogP contribution is 2.27. The van der Waals surface area contributed by atoms with Gasteiger partial charge in [0.1, 0.15) is 5.82 Å². The second kappa shape index (κ2) is 3.99. The quantitative estimate of drug-likeness (QED) is 0.845. The topological polar surface area (TPSA) is 91.8 Å². The Morgan fingerprint density at radius 1 is 1.60 bits per heavy atom. The first kappa shape index (κ1) is 10.1. The van der Waals surface area contributed by atoms with Crippen molar-refractivity contribution in [3.63, 3.8) is 0 Å². The lowest BCUT2D eigenvalue weighted by molar-refractivity contribution is 0.0691. The standard InChI is InChI=1S/C7H6N4O2S2/c1-3-8-6(11-10-3)15-7-9-4(2-14-7)5(12)13/h2H,1H3,(H,12,13)(H,8,10,11). The van der Waals surface area contributed by atoms with Crippen molar-refractivity contribution in [2.45, 2.75) is 16.4 Å². The molecule has 78 valence electrons. The molecule has 15 heavy (non-hydrogen) atoms. The molecule has 0 unspecified atom stereocenters. The number of aromatic amines is 1. The molecule has 0 aliphatic heterocycles. The molecule has 6 nitrogen and oxygen atoms in total. The predicted octanol–water partition coefficient (Wildman–Crippen LogP) is 1.42. The number of aromatic carboxylic acids is 1. The Hall–Kier alpha value is -1.41. The lowest BCUT2D eigenvalue weighted by Crippen LogP contribution is -1.95. The minimum Gasteiger partial charge on any atom is -0.476 e. The van der Waals surface area contributed by atoms with E-state index in [-0.39, 0.29) is 5.69 Å². The van der Waals surface area contributed by atoms with Gasteiger partial charge in [0.2, 0.25) is 5.16 Å². The zero-order valence-electron chi connectivity index (χ0n) is 7.59. The maximum Gasteiger partial charge on any atom is 0.355 e. The van der Waals surface area contributed by atoms with Gasteiger partial charge in [0.25, 0.3) is 0 Å². The maximum atomic E-state index is 10.6. The van der Waals surface area contributed by atoms with Gasteiger partial charge in [-0.1, -0.05) is 0 Å². The molecule has 0 radical (unpaired) electrons. The largest absolute Gasteiger partial charge is 0.476 e. The Bertz CT molecular complexity index is 493. The zero-order chi connectivity index (χ0) is 10.8. The second-order valence-corrected chi connectivity index (χ2v) is 4.68. The molecule has 0 atom stereocenters. The lowest BCUT2D eigenvalue weighted by atomic mass is 10.5. The number of carboxylic acids is 1. The van der Waals surface area contributed by atoms with Crippen LogP contribution in [-0.4, -0.2) is 31.2 Å². The smallest absolute Gasteiger partial charge is 0.355 e. The average molecular weight is 242 g/mol. The van der Waals surface area contributed by atoms with Crippen LogP contribution in [0.5, 0.6) is 0 Å². The number of aryl methyl sites for hydroxylation is 1. The normalized spacial score (nSPS) is 10.5. The van der Waals surface area contributed by atoms with E-state index in [1.807, 2.05) is 0 Å². The van der Waals surface area contributed by atoms with E-state index in [4.69, 9.17) is 5.11 Å². The van der Waals surface area contributed by atoms with E-state index < -0.39 is 5.97 Å². The fourth-order valence-electron chi connectivity index (χ4n) is 0.848. The molecule has 2 heterocycles. The summed E-state index contributed by atoms with van der Waals surface area (Å²) >= 11 is 2.50. The van der Waals surface area contributed by atoms with Crippen molar-refractivity contribution in [1.29, 1.82) is 0 Å². The van der Waals surface area contributed by atoms with Gasteiger partial charge in [0.15, 0.2) is 10.0 Å². The monoisotopic (exact) mass is 242 g/mol. The van der Waals surface area contributed by atoms with E-state index in [1.54, 1.807) is 6.92 Å². The van der Waals surface area contributed by atoms with E-state index in [2.05, 4.69) is 20.2 Å². The molecule has 8 heteroatoms. The molecule has 0 saturated heterocycles. The minimum absolute atomic E-state index is 0.0507. The van der Waals surface area contributed by atoms with Gasteiger partial charge in [-0.15, -0.1) is 16.4 Å². The Labute approximate surface area is 92.8 Å². The Kier molecular flexibility index (Phi) is 2.69. The molecule has 0 aliphatic carbocycles. The second-order valence-electron chi connectivity index (χ2n) is 2.61. The van der Waals surface area contributed by atoms with Crippen LogP contribution in [0.2, 0.25) is 0 Å². The molecule has 2 aromatic heterocycles. The Morgan fingerprint density at radius 3 is 2.93 bits per heavy atom. The minimum atomic E-state index is -1.02. The number of nitrogens with zero attached hydrogens (tertiary/aromatic N) is 3. The average Bonchev–Trinajstić information content (AvgIpc) is 2.76. The highest BCUT2D eigenvalue weighted by molar-refractivity contribution is 8.00. The van der Waals surface area contributed by atoms with E-state index in [0.717, 1.165) is 0 Å². The summed E-state index contributed by atoms with van der Waals surface area (Å²) in [5, 5.41) is 17.3. The Morgan fingerprint density at radius 2 is 2.40 bits per heavy atom. The lowest BCUT2D eigenvalue weighted by Gasteiger charge is -1.87. The van der Waals surface area contributed by atoms with Crippen LogP contribution in [0, 0.1) is 6.92 Å². The van der Waals surface area contributed by atoms with Gasteiger partial charge >= 0.3 is 5.97 Å². The fraction of sp³-hybridized carbons (Fsp3) is 0.143. The van der Waals surface area contributed by atoms with Crippen LogP contribution in [0.4, 0.5) is 0 Å². The maximum absolute atomic E-state index is 10.6. The van der Waals surface area contributed by atoms with Crippen LogP contribution >= 0.6 is 23.1 Å². The van der Waals surface area contributed by atoms with Gasteiger partial charge in [-0.05, 0) is 18.7 Å². The van der Waals surface area contributed by atoms with Crippen molar-refractivity contribution < 1.29 is 9.90 Å². The van der Waals surface area contributed by atoms with Crippen LogP contribution in [0.15, 0.2) is 14.9 Å². The highest BCUT2D eigenvalue weighted by atomic mass is 32.2. The summed E-state index contributed by atoms with van der Waals surface area (Å²) in [5.41, 5.74) is 0.0507. The molecule has 0 bridgehead atoms. The van der Waals surface area contributed by atoms with Gasteiger partial charge in [0, 0.05) is 5.38 Å². The summed E-state index contributed by atoms with van der Waals surface area (Å²) in [7, 11) is 0. The van der Waals surface area contributed by atoms with E-state index >= 15 is 0 Å². The first-order chi connectivity index (χ1) is 7.15. The third-order valence-corrected chi connectivity index (χ3v) is 3.26. The fourth-order valence-corrected chi connectivity index (χ4v) is 2.50. The van der Waals surface area contributed by atoms with Crippen LogP contribution in [0.3, 0.4) is 0 Å². The summed E-state index contributed by atoms with van der Waals surface area (Å²) in [6.45, 7) is 1.79. The third kappa shape index (κ3) is 2.34. The van der Waals surface area contributed by atoms with Crippen LogP contribution in [0.25, 0.3) is 0 Å². The molecular weight excluding hydrogens is 236 g/mol. The van der Waals surface area contributed by atoms with Crippen LogP contribution < -0.4 is 0 Å². The van der Waals surface area contributed by atoms with E-state index in [9.17, 15) is 4.79 Å². The number of thiazole rings is 1. The van der Waals surface area contributed by atoms with Gasteiger partial charge in [0.05, 0.1) is 0 Å². The van der Waals surface area contributed by atoms with Gasteiger partial charge in [-0.3, -0.25) is 5.10 Å². The number of aromatic nitrogens is 4. The number of rotatable bonds is 3. The molecule has 2 aromatic rings. The van der Waals surface area contributed by atoms with Gasteiger partial charge < -0.3 is 5.11 Å². The number of hydrogen-bond acceptors (Lipinski definition) is 6. The summed E-state index contributed by atoms with van der Waals surface area (Å²) in [5.74, 6) is -0.309. The highest BCUT2D eigenvalue weighted by Gasteiger charge is 2.11. The number of nitrogens with one attached hydrogen (secondary N) is 1. The van der Waals surface area contributed by atoms with Gasteiger partial charge in [-0.2, -0.15) is 0 Å². The number of hydrogen-bond donors (Lipinski definition) is 2. The number of carbonyl (C=O) groups is 1. The van der Waals surface area contributed by atoms with Crippen molar-refractivity contribution in [1.82, 2.24) is 20.2 Å². The summed E-state index contributed by atoms with van der Waals surface area (Å²) in [6, 6.07) is 0. The SMILES string of the molecule is Cc1nc(Sc2nc(C(=O)O)cs2)n[nH]1. The van der Waals surface area contributed by atoms with Crippen molar-refractivity contribution in [2.75, 3.05) is 0 Å². The molecule has 0 aromatic carbocycles. The number of H-pyrrole nitrogens is 1. The summed E-state index contributed by atoms with van der Waals surface area (Å²) < 4.78 is 0.617. The zero-order valence-corrected chi connectivity index (χ0v) is 9.22. The predicted molar refractivity (Wildman–Crippen MR) is 54.3 cm³/mol. The molecule has 0 spiro atoms. The molecule has 0 aliphatic rings. The van der Waals surface area contributed by atoms with Crippen LogP contribution in [-0.2, 0) is 0 Å². The van der Waals surface area contributed by atoms with Crippen molar-refractivity contribution in [2.24, 2.45) is 0 Å². The summed E-state index contributed by atoms with van der Waals surface area (Å²) in [4.78, 5) is 18.5. The first-order valence-electron chi connectivity index (χ1n) is 3.91. The van der Waals surface area contributed by atoms with Crippen molar-refractivity contribution in [3.05, 3.63) is 16.9 Å². The van der Waals surface area contributed by atoms with Crippen molar-refractivity contribution in [3.8, 4) is 0 Å². The van der Waals surface area contributed by atoms with Crippen molar-refractivity contribution >= 4 is 29.1 Å². The molecule has 2 N–H and O–H groups in total. The van der Waals surface area contributed by atoms with E-state index in [1.165, 1.54) is 28.5 Å². The molecule has 2 rings (SSSR count). The Balaban J connectivity index is 2.14. The third-order valence-electron chi connectivity index (χ3n) is 1.46.